The third kappa shape index (κ3) is 3.27. The number of aromatic nitrogens is 2. The standard InChI is InChI=1S/C22H22N2O/c25-21-15-9-3-8-14-20(21)24-16-19(17-10-4-1-5-11-17)23-22(24)18-12-6-2-7-13-18/h1-2,4-7,10-13,16,20H,3,8-9,14-15H2. The molecular weight excluding hydrogens is 308 g/mol. The molecule has 0 radical (unpaired) electrons. The van der Waals surface area contributed by atoms with Crippen LogP contribution in [0.15, 0.2) is 66.9 Å². The second-order valence-corrected chi connectivity index (χ2v) is 6.67. The summed E-state index contributed by atoms with van der Waals surface area (Å²) in [5, 5.41) is 0. The van der Waals surface area contributed by atoms with Crippen LogP contribution in [0, 0.1) is 0 Å². The molecule has 0 bridgehead atoms. The quantitative estimate of drug-likeness (QED) is 0.611. The lowest BCUT2D eigenvalue weighted by molar-refractivity contribution is -0.122. The van der Waals surface area contributed by atoms with E-state index in [2.05, 4.69) is 35.0 Å². The van der Waals surface area contributed by atoms with Gasteiger partial charge in [0, 0.05) is 23.7 Å². The number of Topliss-reactive ketones (excluding diaryl/α,β-unsaturated/α-hetero) is 1. The summed E-state index contributed by atoms with van der Waals surface area (Å²) in [6.07, 6.45) is 6.90. The maximum absolute atomic E-state index is 12.7. The van der Waals surface area contributed by atoms with Crippen LogP contribution in [0.3, 0.4) is 0 Å². The number of nitrogens with zero attached hydrogens (tertiary/aromatic N) is 2. The second kappa shape index (κ2) is 7.06. The monoisotopic (exact) mass is 330 g/mol. The molecule has 0 spiro atoms. The lowest BCUT2D eigenvalue weighted by Gasteiger charge is -2.17. The zero-order valence-corrected chi connectivity index (χ0v) is 14.3. The van der Waals surface area contributed by atoms with Crippen LogP contribution in [-0.2, 0) is 4.79 Å². The van der Waals surface area contributed by atoms with Crippen LogP contribution in [0.25, 0.3) is 22.6 Å². The second-order valence-electron chi connectivity index (χ2n) is 6.67. The fourth-order valence-corrected chi connectivity index (χ4v) is 3.62. The fourth-order valence-electron chi connectivity index (χ4n) is 3.62. The van der Waals surface area contributed by atoms with Crippen LogP contribution < -0.4 is 0 Å². The van der Waals surface area contributed by atoms with Crippen molar-refractivity contribution in [3.05, 3.63) is 66.9 Å². The van der Waals surface area contributed by atoms with Gasteiger partial charge in [0.25, 0.3) is 0 Å². The van der Waals surface area contributed by atoms with Crippen molar-refractivity contribution >= 4 is 5.78 Å². The van der Waals surface area contributed by atoms with Crippen molar-refractivity contribution in [3.8, 4) is 22.6 Å². The Hall–Kier alpha value is -2.68. The van der Waals surface area contributed by atoms with E-state index in [9.17, 15) is 4.79 Å². The third-order valence-corrected chi connectivity index (χ3v) is 4.94. The minimum Gasteiger partial charge on any atom is -0.320 e. The molecule has 0 aliphatic heterocycles. The van der Waals surface area contributed by atoms with Gasteiger partial charge >= 0.3 is 0 Å². The Kier molecular flexibility index (Phi) is 4.47. The first-order valence-electron chi connectivity index (χ1n) is 9.05. The molecular formula is C22H22N2O. The van der Waals surface area contributed by atoms with Crippen LogP contribution in [0.1, 0.15) is 38.1 Å². The molecule has 1 aliphatic carbocycles. The zero-order valence-electron chi connectivity index (χ0n) is 14.3. The number of rotatable bonds is 3. The number of carbonyl (C=O) groups is 1. The van der Waals surface area contributed by atoms with Gasteiger partial charge in [-0.2, -0.15) is 0 Å². The molecule has 0 N–H and O–H groups in total. The first-order chi connectivity index (χ1) is 12.3. The number of imidazole rings is 1. The molecule has 25 heavy (non-hydrogen) atoms. The van der Waals surface area contributed by atoms with Crippen LogP contribution in [0.4, 0.5) is 0 Å². The molecule has 126 valence electrons. The molecule has 3 heteroatoms. The Morgan fingerprint density at radius 2 is 1.52 bits per heavy atom. The lowest BCUT2D eigenvalue weighted by Crippen LogP contribution is -2.18. The Bertz CT molecular complexity index is 852. The molecule has 3 aromatic rings. The highest BCUT2D eigenvalue weighted by Gasteiger charge is 2.26. The van der Waals surface area contributed by atoms with Gasteiger partial charge in [-0.05, 0) is 12.8 Å². The Labute approximate surface area is 148 Å². The largest absolute Gasteiger partial charge is 0.320 e. The van der Waals surface area contributed by atoms with Crippen molar-refractivity contribution in [1.29, 1.82) is 0 Å². The van der Waals surface area contributed by atoms with E-state index in [0.717, 1.165) is 48.3 Å². The van der Waals surface area contributed by atoms with Crippen LogP contribution in [0.2, 0.25) is 0 Å². The fraction of sp³-hybridized carbons (Fsp3) is 0.273. The van der Waals surface area contributed by atoms with Gasteiger partial charge < -0.3 is 4.57 Å². The summed E-state index contributed by atoms with van der Waals surface area (Å²) in [4.78, 5) is 17.6. The number of hydrogen-bond acceptors (Lipinski definition) is 2. The summed E-state index contributed by atoms with van der Waals surface area (Å²) < 4.78 is 2.12. The van der Waals surface area contributed by atoms with E-state index in [1.165, 1.54) is 0 Å². The van der Waals surface area contributed by atoms with Gasteiger partial charge in [-0.3, -0.25) is 4.79 Å². The summed E-state index contributed by atoms with van der Waals surface area (Å²) in [6.45, 7) is 0. The summed E-state index contributed by atoms with van der Waals surface area (Å²) in [7, 11) is 0. The van der Waals surface area contributed by atoms with Crippen molar-refractivity contribution in [1.82, 2.24) is 9.55 Å². The van der Waals surface area contributed by atoms with E-state index in [0.29, 0.717) is 12.2 Å². The van der Waals surface area contributed by atoms with Crippen molar-refractivity contribution in [2.24, 2.45) is 0 Å². The number of carbonyl (C=O) groups excluding carboxylic acids is 1. The maximum atomic E-state index is 12.7. The predicted molar refractivity (Wildman–Crippen MR) is 100 cm³/mol. The molecule has 1 unspecified atom stereocenters. The Morgan fingerprint density at radius 3 is 2.24 bits per heavy atom. The number of ketones is 1. The molecule has 1 heterocycles. The molecule has 1 aromatic heterocycles. The van der Waals surface area contributed by atoms with Gasteiger partial charge in [-0.25, -0.2) is 4.98 Å². The smallest absolute Gasteiger partial charge is 0.155 e. The van der Waals surface area contributed by atoms with Gasteiger partial charge in [0.15, 0.2) is 5.78 Å². The van der Waals surface area contributed by atoms with E-state index in [4.69, 9.17) is 4.98 Å². The van der Waals surface area contributed by atoms with E-state index in [1.807, 2.05) is 36.4 Å². The number of benzene rings is 2. The van der Waals surface area contributed by atoms with Crippen molar-refractivity contribution in [3.63, 3.8) is 0 Å². The Balaban J connectivity index is 1.83. The highest BCUT2D eigenvalue weighted by molar-refractivity contribution is 5.84. The molecule has 0 saturated heterocycles. The summed E-state index contributed by atoms with van der Waals surface area (Å²) >= 11 is 0. The molecule has 1 aliphatic rings. The van der Waals surface area contributed by atoms with Gasteiger partial charge in [-0.1, -0.05) is 73.5 Å². The molecule has 4 rings (SSSR count). The van der Waals surface area contributed by atoms with Crippen LogP contribution >= 0.6 is 0 Å². The molecule has 1 saturated carbocycles. The number of hydrogen-bond donors (Lipinski definition) is 0. The van der Waals surface area contributed by atoms with E-state index in [1.54, 1.807) is 0 Å². The minimum absolute atomic E-state index is 0.0948. The first kappa shape index (κ1) is 15.8. The molecule has 0 amide bonds. The molecule has 2 aromatic carbocycles. The van der Waals surface area contributed by atoms with E-state index >= 15 is 0 Å². The zero-order chi connectivity index (χ0) is 17.1. The van der Waals surface area contributed by atoms with Crippen molar-refractivity contribution < 1.29 is 4.79 Å². The van der Waals surface area contributed by atoms with Crippen LogP contribution in [0.5, 0.6) is 0 Å². The summed E-state index contributed by atoms with van der Waals surface area (Å²) in [5.41, 5.74) is 3.07. The van der Waals surface area contributed by atoms with Crippen molar-refractivity contribution in [2.75, 3.05) is 0 Å². The molecule has 1 fully saturated rings. The highest BCUT2D eigenvalue weighted by atomic mass is 16.1. The summed E-state index contributed by atoms with van der Waals surface area (Å²) in [6, 6.07) is 20.3. The van der Waals surface area contributed by atoms with E-state index < -0.39 is 0 Å². The lowest BCUT2D eigenvalue weighted by atomic mass is 10.1. The maximum Gasteiger partial charge on any atom is 0.155 e. The SMILES string of the molecule is O=C1CCCCCC1n1cc(-c2ccccc2)nc1-c1ccccc1. The third-order valence-electron chi connectivity index (χ3n) is 4.94. The van der Waals surface area contributed by atoms with Gasteiger partial charge in [0.2, 0.25) is 0 Å². The van der Waals surface area contributed by atoms with E-state index in [-0.39, 0.29) is 6.04 Å². The molecule has 1 atom stereocenters. The summed E-state index contributed by atoms with van der Waals surface area (Å²) in [5.74, 6) is 1.23. The highest BCUT2D eigenvalue weighted by Crippen LogP contribution is 2.32. The first-order valence-corrected chi connectivity index (χ1v) is 9.05. The van der Waals surface area contributed by atoms with Crippen molar-refractivity contribution in [2.45, 2.75) is 38.1 Å². The van der Waals surface area contributed by atoms with Gasteiger partial charge in [-0.15, -0.1) is 0 Å². The predicted octanol–water partition coefficient (Wildman–Crippen LogP) is 5.29. The topological polar surface area (TPSA) is 34.9 Å². The molecule has 3 nitrogen and oxygen atoms in total. The Morgan fingerprint density at radius 1 is 0.840 bits per heavy atom. The van der Waals surface area contributed by atoms with Gasteiger partial charge in [0.05, 0.1) is 11.7 Å². The average Bonchev–Trinajstić information content (AvgIpc) is 3.00. The van der Waals surface area contributed by atoms with Gasteiger partial charge in [0.1, 0.15) is 5.82 Å². The average molecular weight is 330 g/mol. The minimum atomic E-state index is -0.0948. The van der Waals surface area contributed by atoms with Crippen LogP contribution in [-0.4, -0.2) is 15.3 Å². The normalized spacial score (nSPS) is 18.1.